The predicted octanol–water partition coefficient (Wildman–Crippen LogP) is 2.97. The van der Waals surface area contributed by atoms with Gasteiger partial charge in [-0.05, 0) is 55.8 Å². The number of hydrogen-bond acceptors (Lipinski definition) is 5. The molecule has 0 aliphatic heterocycles. The van der Waals surface area contributed by atoms with Crippen LogP contribution in [0, 0.1) is 13.8 Å². The molecule has 134 valence electrons. The van der Waals surface area contributed by atoms with Gasteiger partial charge in [0.15, 0.2) is 11.5 Å². The van der Waals surface area contributed by atoms with Crippen molar-refractivity contribution in [2.24, 2.45) is 0 Å². The van der Waals surface area contributed by atoms with E-state index in [-0.39, 0.29) is 0 Å². The van der Waals surface area contributed by atoms with Gasteiger partial charge in [0.05, 0.1) is 14.2 Å². The minimum absolute atomic E-state index is 0.443. The van der Waals surface area contributed by atoms with Crippen molar-refractivity contribution in [1.29, 1.82) is 0 Å². The Labute approximate surface area is 148 Å². The van der Waals surface area contributed by atoms with Crippen LogP contribution in [0.1, 0.15) is 28.3 Å². The summed E-state index contributed by atoms with van der Waals surface area (Å²) in [7, 11) is 4.84. The van der Waals surface area contributed by atoms with Crippen molar-refractivity contribution >= 4 is 5.97 Å². The standard InChI is InChI=1S/C19H24N2O4/c1-12-8-15(18(25-5)16(9-12)24-4)17(19(22)23)21(3)11-14-6-7-20-10-13(14)2/h6-10,17H,11H2,1-5H3,(H,22,23). The SMILES string of the molecule is COc1cc(C)cc(C(C(=O)O)N(C)Cc2ccncc2C)c1OC. The molecule has 6 nitrogen and oxygen atoms in total. The molecular weight excluding hydrogens is 320 g/mol. The molecule has 1 unspecified atom stereocenters. The summed E-state index contributed by atoms with van der Waals surface area (Å²) in [4.78, 5) is 17.9. The summed E-state index contributed by atoms with van der Waals surface area (Å²) >= 11 is 0. The third kappa shape index (κ3) is 4.09. The van der Waals surface area contributed by atoms with Gasteiger partial charge >= 0.3 is 5.97 Å². The number of aryl methyl sites for hydroxylation is 2. The van der Waals surface area contributed by atoms with Gasteiger partial charge in [0.1, 0.15) is 6.04 Å². The maximum absolute atomic E-state index is 12.0. The van der Waals surface area contributed by atoms with Crippen molar-refractivity contribution in [3.8, 4) is 11.5 Å². The zero-order valence-corrected chi connectivity index (χ0v) is 15.2. The smallest absolute Gasteiger partial charge is 0.325 e. The highest BCUT2D eigenvalue weighted by atomic mass is 16.5. The fraction of sp³-hybridized carbons (Fsp3) is 0.368. The molecule has 2 aromatic rings. The highest BCUT2D eigenvalue weighted by Gasteiger charge is 2.30. The fourth-order valence-corrected chi connectivity index (χ4v) is 2.94. The van der Waals surface area contributed by atoms with Crippen LogP contribution in [0.25, 0.3) is 0 Å². The molecule has 0 saturated heterocycles. The third-order valence-corrected chi connectivity index (χ3v) is 4.18. The molecule has 0 aliphatic carbocycles. The van der Waals surface area contributed by atoms with Crippen LogP contribution in [0.4, 0.5) is 0 Å². The summed E-state index contributed by atoms with van der Waals surface area (Å²) in [6, 6.07) is 4.69. The maximum Gasteiger partial charge on any atom is 0.325 e. The summed E-state index contributed by atoms with van der Waals surface area (Å²) < 4.78 is 10.8. The van der Waals surface area contributed by atoms with Gasteiger partial charge in [-0.3, -0.25) is 14.7 Å². The number of ether oxygens (including phenoxy) is 2. The van der Waals surface area contributed by atoms with Gasteiger partial charge in [-0.2, -0.15) is 0 Å². The Morgan fingerprint density at radius 3 is 2.56 bits per heavy atom. The van der Waals surface area contributed by atoms with E-state index in [0.717, 1.165) is 16.7 Å². The maximum atomic E-state index is 12.0. The van der Waals surface area contributed by atoms with Gasteiger partial charge < -0.3 is 14.6 Å². The lowest BCUT2D eigenvalue weighted by molar-refractivity contribution is -0.143. The second-order valence-electron chi connectivity index (χ2n) is 6.05. The molecule has 0 spiro atoms. The summed E-state index contributed by atoms with van der Waals surface area (Å²) in [6.45, 7) is 4.34. The van der Waals surface area contributed by atoms with Crippen molar-refractivity contribution in [2.75, 3.05) is 21.3 Å². The first-order chi connectivity index (χ1) is 11.9. The molecule has 6 heteroatoms. The number of benzene rings is 1. The number of aliphatic carboxylic acids is 1. The van der Waals surface area contributed by atoms with Crippen molar-refractivity contribution in [3.63, 3.8) is 0 Å². The molecule has 25 heavy (non-hydrogen) atoms. The van der Waals surface area contributed by atoms with Crippen molar-refractivity contribution in [2.45, 2.75) is 26.4 Å². The van der Waals surface area contributed by atoms with E-state index < -0.39 is 12.0 Å². The number of likely N-dealkylation sites (N-methyl/N-ethyl adjacent to an activating group) is 1. The predicted molar refractivity (Wildman–Crippen MR) is 95.1 cm³/mol. The van der Waals surface area contributed by atoms with Crippen LogP contribution in [-0.4, -0.2) is 42.2 Å². The second-order valence-corrected chi connectivity index (χ2v) is 6.05. The number of carboxylic acids is 1. The molecule has 1 aromatic heterocycles. The third-order valence-electron chi connectivity index (χ3n) is 4.18. The van der Waals surface area contributed by atoms with Crippen molar-refractivity contribution < 1.29 is 19.4 Å². The minimum Gasteiger partial charge on any atom is -0.493 e. The molecule has 0 fully saturated rings. The minimum atomic E-state index is -0.944. The van der Waals surface area contributed by atoms with Crippen LogP contribution in [0.5, 0.6) is 11.5 Å². The Morgan fingerprint density at radius 1 is 1.28 bits per heavy atom. The largest absolute Gasteiger partial charge is 0.493 e. The van der Waals surface area contributed by atoms with Crippen LogP contribution in [-0.2, 0) is 11.3 Å². The number of aromatic nitrogens is 1. The average molecular weight is 344 g/mol. The lowest BCUT2D eigenvalue weighted by atomic mass is 10.00. The number of pyridine rings is 1. The first-order valence-corrected chi connectivity index (χ1v) is 7.94. The molecule has 0 saturated carbocycles. The van der Waals surface area contributed by atoms with E-state index in [0.29, 0.717) is 23.6 Å². The highest BCUT2D eigenvalue weighted by Crippen LogP contribution is 2.38. The number of rotatable bonds is 7. The number of hydrogen-bond donors (Lipinski definition) is 1. The normalized spacial score (nSPS) is 12.1. The number of carbonyl (C=O) groups is 1. The van der Waals surface area contributed by atoms with Crippen LogP contribution in [0.15, 0.2) is 30.6 Å². The number of nitrogens with zero attached hydrogens (tertiary/aromatic N) is 2. The Bertz CT molecular complexity index is 761. The molecule has 2 rings (SSSR count). The van der Waals surface area contributed by atoms with Gasteiger partial charge in [0.25, 0.3) is 0 Å². The van der Waals surface area contributed by atoms with E-state index in [1.165, 1.54) is 7.11 Å². The van der Waals surface area contributed by atoms with E-state index in [1.807, 2.05) is 32.0 Å². The molecular formula is C19H24N2O4. The monoisotopic (exact) mass is 344 g/mol. The van der Waals surface area contributed by atoms with Gasteiger partial charge in [0.2, 0.25) is 0 Å². The topological polar surface area (TPSA) is 71.9 Å². The molecule has 0 amide bonds. The molecule has 0 aliphatic rings. The summed E-state index contributed by atoms with van der Waals surface area (Å²) in [5.74, 6) is 0.0243. The molecule has 1 atom stereocenters. The summed E-state index contributed by atoms with van der Waals surface area (Å²) in [6.07, 6.45) is 3.48. The van der Waals surface area contributed by atoms with Gasteiger partial charge in [-0.25, -0.2) is 0 Å². The molecule has 0 radical (unpaired) electrons. The van der Waals surface area contributed by atoms with E-state index in [2.05, 4.69) is 4.98 Å². The van der Waals surface area contributed by atoms with E-state index in [4.69, 9.17) is 9.47 Å². The summed E-state index contributed by atoms with van der Waals surface area (Å²) in [5, 5.41) is 9.87. The fourth-order valence-electron chi connectivity index (χ4n) is 2.94. The lowest BCUT2D eigenvalue weighted by Crippen LogP contribution is -2.31. The van der Waals surface area contributed by atoms with Crippen LogP contribution in [0.3, 0.4) is 0 Å². The zero-order chi connectivity index (χ0) is 18.6. The first-order valence-electron chi connectivity index (χ1n) is 7.94. The molecule has 1 heterocycles. The number of methoxy groups -OCH3 is 2. The Morgan fingerprint density at radius 2 is 2.00 bits per heavy atom. The van der Waals surface area contributed by atoms with Crippen molar-refractivity contribution in [1.82, 2.24) is 9.88 Å². The average Bonchev–Trinajstić information content (AvgIpc) is 2.56. The van der Waals surface area contributed by atoms with Crippen LogP contribution < -0.4 is 9.47 Å². The lowest BCUT2D eigenvalue weighted by Gasteiger charge is -2.27. The second kappa shape index (κ2) is 7.98. The molecule has 0 bridgehead atoms. The number of carboxylic acid groups (broad SMARTS) is 1. The summed E-state index contributed by atoms with van der Waals surface area (Å²) in [5.41, 5.74) is 3.53. The van der Waals surface area contributed by atoms with E-state index in [1.54, 1.807) is 31.5 Å². The Balaban J connectivity index is 2.46. The van der Waals surface area contributed by atoms with E-state index >= 15 is 0 Å². The molecule has 1 N–H and O–H groups in total. The first kappa shape index (κ1) is 18.7. The Kier molecular flexibility index (Phi) is 5.98. The van der Waals surface area contributed by atoms with Gasteiger partial charge in [-0.1, -0.05) is 0 Å². The van der Waals surface area contributed by atoms with Crippen molar-refractivity contribution in [3.05, 3.63) is 52.8 Å². The van der Waals surface area contributed by atoms with Crippen LogP contribution in [0.2, 0.25) is 0 Å². The van der Waals surface area contributed by atoms with Crippen LogP contribution >= 0.6 is 0 Å². The van der Waals surface area contributed by atoms with E-state index in [9.17, 15) is 9.90 Å². The molecule has 1 aromatic carbocycles. The quantitative estimate of drug-likeness (QED) is 0.832. The highest BCUT2D eigenvalue weighted by molar-refractivity contribution is 5.77. The van der Waals surface area contributed by atoms with Gasteiger partial charge in [-0.15, -0.1) is 0 Å². The Hall–Kier alpha value is -2.60. The zero-order valence-electron chi connectivity index (χ0n) is 15.2. The van der Waals surface area contributed by atoms with Gasteiger partial charge in [0, 0.05) is 24.5 Å².